The van der Waals surface area contributed by atoms with Crippen molar-refractivity contribution in [2.24, 2.45) is 5.73 Å². The van der Waals surface area contributed by atoms with Gasteiger partial charge in [0.2, 0.25) is 0 Å². The lowest BCUT2D eigenvalue weighted by Gasteiger charge is -2.14. The van der Waals surface area contributed by atoms with E-state index in [1.54, 1.807) is 0 Å². The van der Waals surface area contributed by atoms with Crippen molar-refractivity contribution in [1.82, 2.24) is 0 Å². The van der Waals surface area contributed by atoms with Crippen molar-refractivity contribution in [3.8, 4) is 0 Å². The third-order valence-corrected chi connectivity index (χ3v) is 3.31. The van der Waals surface area contributed by atoms with Crippen LogP contribution in [-0.2, 0) is 16.0 Å². The van der Waals surface area contributed by atoms with E-state index in [0.717, 1.165) is 18.4 Å². The summed E-state index contributed by atoms with van der Waals surface area (Å²) in [6.07, 6.45) is -3.98. The topological polar surface area (TPSA) is 72.2 Å². The molecule has 0 atom stereocenters. The molecule has 0 aliphatic rings. The normalized spacial score (nSPS) is 12.5. The molecule has 3 N–H and O–H groups in total. The Bertz CT molecular complexity index is 526. The van der Waals surface area contributed by atoms with E-state index in [9.17, 15) is 21.6 Å². The van der Waals surface area contributed by atoms with Crippen molar-refractivity contribution in [1.29, 1.82) is 0 Å². The van der Waals surface area contributed by atoms with Gasteiger partial charge in [0.05, 0.1) is 10.5 Å². The van der Waals surface area contributed by atoms with Gasteiger partial charge in [0.15, 0.2) is 9.84 Å². The second kappa shape index (κ2) is 5.15. The summed E-state index contributed by atoms with van der Waals surface area (Å²) in [7, 11) is -3.93. The number of anilines is 1. The van der Waals surface area contributed by atoms with Gasteiger partial charge in [-0.2, -0.15) is 13.2 Å². The Kier molecular flexibility index (Phi) is 4.23. The summed E-state index contributed by atoms with van der Waals surface area (Å²) in [4.78, 5) is -0.728. The first kappa shape index (κ1) is 14.8. The molecule has 8 heteroatoms. The van der Waals surface area contributed by atoms with E-state index in [4.69, 9.17) is 5.73 Å². The zero-order valence-electron chi connectivity index (χ0n) is 9.58. The summed E-state index contributed by atoms with van der Waals surface area (Å²) in [5.41, 5.74) is 4.23. The minimum absolute atomic E-state index is 0.181. The predicted octanol–water partition coefficient (Wildman–Crippen LogP) is 1.48. The molecule has 0 radical (unpaired) electrons. The Labute approximate surface area is 103 Å². The molecule has 1 aromatic rings. The summed E-state index contributed by atoms with van der Waals surface area (Å²) >= 11 is 0. The van der Waals surface area contributed by atoms with E-state index >= 15 is 0 Å². The molecule has 18 heavy (non-hydrogen) atoms. The maximum absolute atomic E-state index is 12.8. The van der Waals surface area contributed by atoms with Gasteiger partial charge in [0.1, 0.15) is 0 Å². The monoisotopic (exact) mass is 282 g/mol. The van der Waals surface area contributed by atoms with Crippen molar-refractivity contribution >= 4 is 15.5 Å². The molecule has 4 nitrogen and oxygen atoms in total. The number of alkyl halides is 3. The number of halogens is 3. The van der Waals surface area contributed by atoms with E-state index in [0.29, 0.717) is 6.54 Å². The molecule has 0 aromatic heterocycles. The van der Waals surface area contributed by atoms with Gasteiger partial charge in [-0.25, -0.2) is 8.42 Å². The fourth-order valence-corrected chi connectivity index (χ4v) is 2.29. The Balaban J connectivity index is 3.31. The van der Waals surface area contributed by atoms with Gasteiger partial charge in [-0.05, 0) is 18.2 Å². The molecule has 0 heterocycles. The highest BCUT2D eigenvalue weighted by atomic mass is 32.2. The van der Waals surface area contributed by atoms with Crippen LogP contribution in [0.5, 0.6) is 0 Å². The van der Waals surface area contributed by atoms with Gasteiger partial charge >= 0.3 is 6.18 Å². The van der Waals surface area contributed by atoms with Crippen molar-refractivity contribution in [2.75, 3.05) is 24.7 Å². The van der Waals surface area contributed by atoms with Crippen LogP contribution in [0.1, 0.15) is 5.56 Å². The Hall–Kier alpha value is -1.28. The fourth-order valence-electron chi connectivity index (χ4n) is 1.40. The molecule has 0 amide bonds. The van der Waals surface area contributed by atoms with E-state index in [1.165, 1.54) is 6.07 Å². The minimum atomic E-state index is -4.72. The van der Waals surface area contributed by atoms with Crippen molar-refractivity contribution < 1.29 is 21.6 Å². The van der Waals surface area contributed by atoms with Crippen LogP contribution in [0.15, 0.2) is 23.1 Å². The molecule has 0 bridgehead atoms. The summed E-state index contributed by atoms with van der Waals surface area (Å²) in [6.45, 7) is 0.560. The van der Waals surface area contributed by atoms with Gasteiger partial charge in [-0.1, -0.05) is 0 Å². The highest BCUT2D eigenvalue weighted by Gasteiger charge is 2.36. The van der Waals surface area contributed by atoms with Crippen LogP contribution in [0.3, 0.4) is 0 Å². The van der Waals surface area contributed by atoms with E-state index in [-0.39, 0.29) is 12.2 Å². The van der Waals surface area contributed by atoms with E-state index < -0.39 is 26.5 Å². The summed E-state index contributed by atoms with van der Waals surface area (Å²) in [5, 5.41) is 2.67. The number of rotatable bonds is 4. The molecule has 0 spiro atoms. The Morgan fingerprint density at radius 2 is 1.94 bits per heavy atom. The largest absolute Gasteiger partial charge is 0.417 e. The molecule has 0 fully saturated rings. The zero-order chi connectivity index (χ0) is 14.0. The van der Waals surface area contributed by atoms with E-state index in [1.807, 2.05) is 0 Å². The second-order valence-corrected chi connectivity index (χ2v) is 5.68. The maximum Gasteiger partial charge on any atom is 0.417 e. The molecule has 0 aliphatic carbocycles. The second-order valence-electron chi connectivity index (χ2n) is 3.70. The van der Waals surface area contributed by atoms with Crippen molar-refractivity contribution in [2.45, 2.75) is 11.1 Å². The quantitative estimate of drug-likeness (QED) is 0.877. The number of sulfone groups is 1. The maximum atomic E-state index is 12.8. The van der Waals surface area contributed by atoms with Crippen molar-refractivity contribution in [3.63, 3.8) is 0 Å². The lowest BCUT2D eigenvalue weighted by molar-refractivity contribution is -0.139. The van der Waals surface area contributed by atoms with Crippen LogP contribution in [0.2, 0.25) is 0 Å². The van der Waals surface area contributed by atoms with Gasteiger partial charge in [0, 0.05) is 25.0 Å². The third-order valence-electron chi connectivity index (χ3n) is 2.16. The van der Waals surface area contributed by atoms with Gasteiger partial charge in [-0.3, -0.25) is 0 Å². The number of hydrogen-bond donors (Lipinski definition) is 2. The first-order chi connectivity index (χ1) is 8.16. The smallest absolute Gasteiger partial charge is 0.384 e. The van der Waals surface area contributed by atoms with Crippen molar-refractivity contribution in [3.05, 3.63) is 23.8 Å². The first-order valence-corrected chi connectivity index (χ1v) is 6.90. The minimum Gasteiger partial charge on any atom is -0.384 e. The number of benzene rings is 1. The zero-order valence-corrected chi connectivity index (χ0v) is 10.4. The van der Waals surface area contributed by atoms with Crippen LogP contribution in [0, 0.1) is 0 Å². The lowest BCUT2D eigenvalue weighted by Crippen LogP contribution is -2.16. The predicted molar refractivity (Wildman–Crippen MR) is 62.1 cm³/mol. The molecule has 0 unspecified atom stereocenters. The molecule has 0 aliphatic heterocycles. The SMILES string of the molecule is CS(=O)(=O)c1ccc(NCCN)cc1C(F)(F)F. The highest BCUT2D eigenvalue weighted by Crippen LogP contribution is 2.35. The summed E-state index contributed by atoms with van der Waals surface area (Å²) < 4.78 is 60.9. The average molecular weight is 282 g/mol. The number of hydrogen-bond acceptors (Lipinski definition) is 4. The van der Waals surface area contributed by atoms with Gasteiger partial charge < -0.3 is 11.1 Å². The molecular formula is C10H13F3N2O2S. The Morgan fingerprint density at radius 3 is 2.39 bits per heavy atom. The fraction of sp³-hybridized carbons (Fsp3) is 0.400. The Morgan fingerprint density at radius 1 is 1.33 bits per heavy atom. The standard InChI is InChI=1S/C10H13F3N2O2S/c1-18(16,17)9-3-2-7(15-5-4-14)6-8(9)10(11,12)13/h2-3,6,15H,4-5,14H2,1H3. The third kappa shape index (κ3) is 3.61. The van der Waals surface area contributed by atoms with Crippen LogP contribution >= 0.6 is 0 Å². The number of nitrogens with two attached hydrogens (primary N) is 1. The van der Waals surface area contributed by atoms with Gasteiger partial charge in [0.25, 0.3) is 0 Å². The molecule has 0 saturated heterocycles. The molecule has 102 valence electrons. The average Bonchev–Trinajstić information content (AvgIpc) is 2.23. The van der Waals surface area contributed by atoms with Crippen LogP contribution < -0.4 is 11.1 Å². The molecule has 1 rings (SSSR count). The number of nitrogens with one attached hydrogen (secondary N) is 1. The molecule has 0 saturated carbocycles. The van der Waals surface area contributed by atoms with Crippen LogP contribution in [0.25, 0.3) is 0 Å². The summed E-state index contributed by atoms with van der Waals surface area (Å²) in [5.74, 6) is 0. The van der Waals surface area contributed by atoms with Gasteiger partial charge in [-0.15, -0.1) is 0 Å². The molecular weight excluding hydrogens is 269 g/mol. The summed E-state index contributed by atoms with van der Waals surface area (Å²) in [6, 6.07) is 2.99. The van der Waals surface area contributed by atoms with Crippen LogP contribution in [0.4, 0.5) is 18.9 Å². The lowest BCUT2D eigenvalue weighted by atomic mass is 10.2. The molecule has 1 aromatic carbocycles. The highest BCUT2D eigenvalue weighted by molar-refractivity contribution is 7.90. The van der Waals surface area contributed by atoms with E-state index in [2.05, 4.69) is 5.32 Å². The van der Waals surface area contributed by atoms with Crippen LogP contribution in [-0.4, -0.2) is 27.8 Å². The first-order valence-electron chi connectivity index (χ1n) is 5.01.